The molecule has 4 heteroatoms. The molecule has 0 spiro atoms. The van der Waals surface area contributed by atoms with E-state index in [1.165, 1.54) is 4.88 Å². The Hall–Kier alpha value is 0.1000. The summed E-state index contributed by atoms with van der Waals surface area (Å²) in [4.78, 5) is 1.20. The van der Waals surface area contributed by atoms with E-state index in [9.17, 15) is 0 Å². The van der Waals surface area contributed by atoms with Gasteiger partial charge in [-0.3, -0.25) is 0 Å². The summed E-state index contributed by atoms with van der Waals surface area (Å²) in [6.45, 7) is 5.33. The summed E-state index contributed by atoms with van der Waals surface area (Å²) in [6.07, 6.45) is 0. The molecule has 1 N–H and O–H groups in total. The van der Waals surface area contributed by atoms with E-state index in [-0.39, 0.29) is 12.0 Å². The molecule has 1 heterocycles. The molecule has 0 aliphatic heterocycles. The Bertz CT molecular complexity index is 283. The molecule has 80 valence electrons. The van der Waals surface area contributed by atoms with E-state index in [1.54, 1.807) is 11.3 Å². The van der Waals surface area contributed by atoms with Crippen molar-refractivity contribution in [3.63, 3.8) is 0 Å². The SMILES string of the molecule is CC(C)(CO)COCc1cc(Br)cs1. The summed E-state index contributed by atoms with van der Waals surface area (Å²) < 4.78 is 6.62. The summed E-state index contributed by atoms with van der Waals surface area (Å²) in [5, 5.41) is 11.0. The van der Waals surface area contributed by atoms with Gasteiger partial charge >= 0.3 is 0 Å². The van der Waals surface area contributed by atoms with Gasteiger partial charge in [-0.15, -0.1) is 11.3 Å². The number of aliphatic hydroxyl groups excluding tert-OH is 1. The number of thiophene rings is 1. The highest BCUT2D eigenvalue weighted by molar-refractivity contribution is 9.10. The molecule has 0 unspecified atom stereocenters. The number of rotatable bonds is 5. The maximum Gasteiger partial charge on any atom is 0.0810 e. The average molecular weight is 279 g/mol. The molecule has 2 nitrogen and oxygen atoms in total. The Morgan fingerprint density at radius 1 is 1.57 bits per heavy atom. The lowest BCUT2D eigenvalue weighted by Gasteiger charge is -2.20. The van der Waals surface area contributed by atoms with E-state index in [0.29, 0.717) is 13.2 Å². The van der Waals surface area contributed by atoms with E-state index < -0.39 is 0 Å². The zero-order valence-corrected chi connectivity index (χ0v) is 10.8. The minimum Gasteiger partial charge on any atom is -0.396 e. The minimum atomic E-state index is -0.144. The van der Waals surface area contributed by atoms with E-state index in [4.69, 9.17) is 9.84 Å². The van der Waals surface area contributed by atoms with Gasteiger partial charge in [-0.1, -0.05) is 13.8 Å². The van der Waals surface area contributed by atoms with Gasteiger partial charge in [-0.05, 0) is 22.0 Å². The summed E-state index contributed by atoms with van der Waals surface area (Å²) >= 11 is 5.07. The lowest BCUT2D eigenvalue weighted by atomic mass is 9.97. The number of hydrogen-bond acceptors (Lipinski definition) is 3. The fourth-order valence-corrected chi connectivity index (χ4v) is 2.29. The summed E-state index contributed by atoms with van der Waals surface area (Å²) in [5.41, 5.74) is -0.144. The molecule has 0 atom stereocenters. The zero-order valence-electron chi connectivity index (χ0n) is 8.42. The van der Waals surface area contributed by atoms with Crippen molar-refractivity contribution in [2.24, 2.45) is 5.41 Å². The van der Waals surface area contributed by atoms with Crippen LogP contribution in [0, 0.1) is 5.41 Å². The highest BCUT2D eigenvalue weighted by atomic mass is 79.9. The topological polar surface area (TPSA) is 29.5 Å². The molecule has 1 aromatic heterocycles. The molecule has 0 amide bonds. The Labute approximate surface area is 97.0 Å². The fourth-order valence-electron chi connectivity index (χ4n) is 0.903. The standard InChI is InChI=1S/C10H15BrO2S/c1-10(2,6-12)7-13-4-9-3-8(11)5-14-9/h3,5,12H,4,6-7H2,1-2H3. The first-order valence-corrected chi connectivity index (χ1v) is 6.12. The number of hydrogen-bond donors (Lipinski definition) is 1. The molecular weight excluding hydrogens is 264 g/mol. The Kier molecular flexibility index (Phi) is 4.57. The van der Waals surface area contributed by atoms with Crippen LogP contribution < -0.4 is 0 Å². The second-order valence-corrected chi connectivity index (χ2v) is 5.96. The van der Waals surface area contributed by atoms with Crippen molar-refractivity contribution in [1.29, 1.82) is 0 Å². The molecule has 0 saturated carbocycles. The van der Waals surface area contributed by atoms with Crippen LogP contribution in [-0.2, 0) is 11.3 Å². The Morgan fingerprint density at radius 3 is 2.79 bits per heavy atom. The lowest BCUT2D eigenvalue weighted by molar-refractivity contribution is 0.0207. The van der Waals surface area contributed by atoms with Gasteiger partial charge in [0.15, 0.2) is 0 Å². The van der Waals surface area contributed by atoms with E-state index in [0.717, 1.165) is 4.47 Å². The van der Waals surface area contributed by atoms with Gasteiger partial charge in [-0.2, -0.15) is 0 Å². The van der Waals surface area contributed by atoms with Crippen LogP contribution in [0.5, 0.6) is 0 Å². The first-order chi connectivity index (χ1) is 6.53. The van der Waals surface area contributed by atoms with Gasteiger partial charge in [0.05, 0.1) is 19.8 Å². The van der Waals surface area contributed by atoms with Crippen molar-refractivity contribution in [3.8, 4) is 0 Å². The molecule has 14 heavy (non-hydrogen) atoms. The van der Waals surface area contributed by atoms with Crippen LogP contribution in [0.1, 0.15) is 18.7 Å². The first-order valence-electron chi connectivity index (χ1n) is 4.45. The van der Waals surface area contributed by atoms with Gasteiger partial charge in [-0.25, -0.2) is 0 Å². The van der Waals surface area contributed by atoms with Crippen LogP contribution in [0.3, 0.4) is 0 Å². The van der Waals surface area contributed by atoms with Gasteiger partial charge < -0.3 is 9.84 Å². The van der Waals surface area contributed by atoms with Crippen LogP contribution in [0.15, 0.2) is 15.9 Å². The maximum absolute atomic E-state index is 9.01. The molecule has 0 saturated heterocycles. The lowest BCUT2D eigenvalue weighted by Crippen LogP contribution is -2.23. The number of ether oxygens (including phenoxy) is 1. The predicted octanol–water partition coefficient (Wildman–Crippen LogP) is 3.05. The molecule has 0 fully saturated rings. The second-order valence-electron chi connectivity index (χ2n) is 4.05. The second kappa shape index (κ2) is 5.26. The van der Waals surface area contributed by atoms with E-state index in [1.807, 2.05) is 19.2 Å². The average Bonchev–Trinajstić information content (AvgIpc) is 2.51. The van der Waals surface area contributed by atoms with Crippen LogP contribution in [-0.4, -0.2) is 18.3 Å². The molecule has 0 aliphatic carbocycles. The summed E-state index contributed by atoms with van der Waals surface area (Å²) in [7, 11) is 0. The van der Waals surface area contributed by atoms with Crippen LogP contribution in [0.4, 0.5) is 0 Å². The van der Waals surface area contributed by atoms with Gasteiger partial charge in [0.2, 0.25) is 0 Å². The van der Waals surface area contributed by atoms with Crippen molar-refractivity contribution in [2.45, 2.75) is 20.5 Å². The van der Waals surface area contributed by atoms with Gasteiger partial charge in [0.1, 0.15) is 0 Å². The van der Waals surface area contributed by atoms with E-state index in [2.05, 4.69) is 22.0 Å². The first kappa shape index (κ1) is 12.2. The van der Waals surface area contributed by atoms with Gasteiger partial charge in [0, 0.05) is 20.1 Å². The van der Waals surface area contributed by atoms with Crippen molar-refractivity contribution in [2.75, 3.05) is 13.2 Å². The molecule has 0 aliphatic rings. The fraction of sp³-hybridized carbons (Fsp3) is 0.600. The van der Waals surface area contributed by atoms with Crippen LogP contribution in [0.25, 0.3) is 0 Å². The molecule has 0 radical (unpaired) electrons. The number of halogens is 1. The monoisotopic (exact) mass is 278 g/mol. The Morgan fingerprint density at radius 2 is 2.29 bits per heavy atom. The van der Waals surface area contributed by atoms with Crippen molar-refractivity contribution >= 4 is 27.3 Å². The Balaban J connectivity index is 2.28. The third-order valence-electron chi connectivity index (χ3n) is 1.79. The molecule has 1 rings (SSSR count). The minimum absolute atomic E-state index is 0.144. The van der Waals surface area contributed by atoms with Crippen LogP contribution in [0.2, 0.25) is 0 Å². The third kappa shape index (κ3) is 4.09. The van der Waals surface area contributed by atoms with Crippen LogP contribution >= 0.6 is 27.3 Å². The van der Waals surface area contributed by atoms with Gasteiger partial charge in [0.25, 0.3) is 0 Å². The highest BCUT2D eigenvalue weighted by Gasteiger charge is 2.16. The molecule has 0 bridgehead atoms. The number of aliphatic hydroxyl groups is 1. The summed E-state index contributed by atoms with van der Waals surface area (Å²) in [6, 6.07) is 2.05. The molecule has 0 aromatic carbocycles. The van der Waals surface area contributed by atoms with Crippen molar-refractivity contribution in [3.05, 3.63) is 20.8 Å². The van der Waals surface area contributed by atoms with Crippen molar-refractivity contribution in [1.82, 2.24) is 0 Å². The quantitative estimate of drug-likeness (QED) is 0.897. The smallest absolute Gasteiger partial charge is 0.0810 e. The predicted molar refractivity (Wildman–Crippen MR) is 62.5 cm³/mol. The maximum atomic E-state index is 9.01. The highest BCUT2D eigenvalue weighted by Crippen LogP contribution is 2.21. The zero-order chi connectivity index (χ0) is 10.6. The molecular formula is C10H15BrO2S. The normalized spacial score (nSPS) is 12.0. The third-order valence-corrected chi connectivity index (χ3v) is 3.46. The van der Waals surface area contributed by atoms with Crippen molar-refractivity contribution < 1.29 is 9.84 Å². The van der Waals surface area contributed by atoms with E-state index >= 15 is 0 Å². The largest absolute Gasteiger partial charge is 0.396 e. The molecule has 1 aromatic rings. The summed E-state index contributed by atoms with van der Waals surface area (Å²) in [5.74, 6) is 0.